The number of ketones is 2. The number of carbonyl (C=O) groups is 3. The van der Waals surface area contributed by atoms with Crippen LogP contribution in [0.15, 0.2) is 11.6 Å². The van der Waals surface area contributed by atoms with Crippen LogP contribution in [0.4, 0.5) is 0 Å². The van der Waals surface area contributed by atoms with Crippen LogP contribution in [-0.4, -0.2) is 24.0 Å². The van der Waals surface area contributed by atoms with E-state index in [-0.39, 0.29) is 12.3 Å². The van der Waals surface area contributed by atoms with E-state index in [4.69, 9.17) is 0 Å². The molecule has 0 saturated carbocycles. The normalized spacial score (nSPS) is 13.8. The van der Waals surface area contributed by atoms with E-state index in [9.17, 15) is 14.4 Å². The molecule has 1 N–H and O–H groups in total. The molecule has 0 fully saturated rings. The summed E-state index contributed by atoms with van der Waals surface area (Å²) in [5.41, 5.74) is 0.312. The molecule has 0 bridgehead atoms. The van der Waals surface area contributed by atoms with Crippen molar-refractivity contribution in [2.45, 2.75) is 116 Å². The van der Waals surface area contributed by atoms with Crippen molar-refractivity contribution in [3.63, 3.8) is 0 Å². The molecule has 1 rings (SSSR count). The van der Waals surface area contributed by atoms with E-state index in [1.54, 1.807) is 0 Å². The lowest BCUT2D eigenvalue weighted by atomic mass is 10.0. The summed E-state index contributed by atoms with van der Waals surface area (Å²) < 4.78 is 0. The second-order valence-corrected chi connectivity index (χ2v) is 8.19. The molecule has 0 atom stereocenters. The monoisotopic (exact) mass is 391 g/mol. The first kappa shape index (κ1) is 24.6. The van der Waals surface area contributed by atoms with Gasteiger partial charge in [-0.1, -0.05) is 103 Å². The summed E-state index contributed by atoms with van der Waals surface area (Å²) in [6, 6.07) is 0. The molecule has 0 unspecified atom stereocenters. The summed E-state index contributed by atoms with van der Waals surface area (Å²) in [6.07, 6.45) is 22.4. The first-order valence-electron chi connectivity index (χ1n) is 11.7. The average molecular weight is 392 g/mol. The van der Waals surface area contributed by atoms with Crippen molar-refractivity contribution in [1.29, 1.82) is 0 Å². The van der Waals surface area contributed by atoms with Gasteiger partial charge in [0.05, 0.1) is 0 Å². The molecule has 4 nitrogen and oxygen atoms in total. The number of nitrogens with one attached hydrogen (secondary N) is 1. The highest BCUT2D eigenvalue weighted by molar-refractivity contribution is 6.46. The highest BCUT2D eigenvalue weighted by Crippen LogP contribution is 2.14. The lowest BCUT2D eigenvalue weighted by molar-refractivity contribution is -0.132. The van der Waals surface area contributed by atoms with Crippen LogP contribution < -0.4 is 5.32 Å². The van der Waals surface area contributed by atoms with Crippen LogP contribution in [0.3, 0.4) is 0 Å². The van der Waals surface area contributed by atoms with Gasteiger partial charge in [0.2, 0.25) is 17.5 Å². The summed E-state index contributed by atoms with van der Waals surface area (Å²) in [5.74, 6) is -1.29. The Bertz CT molecular complexity index is 496. The molecule has 0 aromatic carbocycles. The first-order valence-corrected chi connectivity index (χ1v) is 11.7. The molecule has 0 aromatic rings. The van der Waals surface area contributed by atoms with Crippen LogP contribution >= 0.6 is 0 Å². The summed E-state index contributed by atoms with van der Waals surface area (Å²) in [4.78, 5) is 34.1. The van der Waals surface area contributed by atoms with Crippen LogP contribution in [-0.2, 0) is 14.4 Å². The number of allylic oxidation sites excluding steroid dienone is 1. The molecule has 0 aromatic heterocycles. The number of rotatable bonds is 18. The molecule has 1 aliphatic rings. The van der Waals surface area contributed by atoms with E-state index in [1.165, 1.54) is 96.0 Å². The van der Waals surface area contributed by atoms with Crippen LogP contribution in [0.2, 0.25) is 0 Å². The first-order chi connectivity index (χ1) is 13.6. The minimum atomic E-state index is -0.549. The Morgan fingerprint density at radius 3 is 1.57 bits per heavy atom. The van der Waals surface area contributed by atoms with Gasteiger partial charge in [0.15, 0.2) is 0 Å². The van der Waals surface area contributed by atoms with Crippen molar-refractivity contribution in [3.8, 4) is 0 Å². The maximum atomic E-state index is 11.8. The van der Waals surface area contributed by atoms with Gasteiger partial charge in [-0.15, -0.1) is 0 Å². The van der Waals surface area contributed by atoms with E-state index in [0.29, 0.717) is 12.1 Å². The van der Waals surface area contributed by atoms with E-state index in [2.05, 4.69) is 12.2 Å². The Labute approximate surface area is 171 Å². The molecule has 1 aliphatic carbocycles. The standard InChI is InChI=1S/C24H41NO3/c1-2-3-4-5-6-7-8-9-10-11-12-13-14-15-16-17-18-25-24(28)21-19-22(26)23(27)20-21/h19H,2-18,20H2,1H3,(H,25,28). The van der Waals surface area contributed by atoms with Crippen molar-refractivity contribution in [1.82, 2.24) is 5.32 Å². The molecule has 1 amide bonds. The topological polar surface area (TPSA) is 63.2 Å². The molecular weight excluding hydrogens is 350 g/mol. The third-order valence-corrected chi connectivity index (χ3v) is 5.54. The molecule has 28 heavy (non-hydrogen) atoms. The van der Waals surface area contributed by atoms with Gasteiger partial charge in [-0.2, -0.15) is 0 Å². The van der Waals surface area contributed by atoms with Crippen LogP contribution in [0.1, 0.15) is 116 Å². The van der Waals surface area contributed by atoms with Crippen molar-refractivity contribution >= 4 is 17.5 Å². The largest absolute Gasteiger partial charge is 0.352 e. The van der Waals surface area contributed by atoms with Gasteiger partial charge in [-0.25, -0.2) is 0 Å². The zero-order chi connectivity index (χ0) is 20.5. The number of hydrogen-bond acceptors (Lipinski definition) is 3. The highest BCUT2D eigenvalue weighted by Gasteiger charge is 2.25. The molecule has 0 radical (unpaired) electrons. The minimum Gasteiger partial charge on any atom is -0.352 e. The van der Waals surface area contributed by atoms with Crippen LogP contribution in [0.5, 0.6) is 0 Å². The van der Waals surface area contributed by atoms with Crippen molar-refractivity contribution in [2.24, 2.45) is 0 Å². The van der Waals surface area contributed by atoms with E-state index < -0.39 is 11.6 Å². The molecular formula is C24H41NO3. The smallest absolute Gasteiger partial charge is 0.247 e. The number of carbonyl (C=O) groups excluding carboxylic acids is 3. The molecule has 0 heterocycles. The average Bonchev–Trinajstić information content (AvgIpc) is 3.03. The zero-order valence-electron chi connectivity index (χ0n) is 18.0. The van der Waals surface area contributed by atoms with Crippen LogP contribution in [0.25, 0.3) is 0 Å². The summed E-state index contributed by atoms with van der Waals surface area (Å²) in [6.45, 7) is 2.89. The van der Waals surface area contributed by atoms with E-state index in [0.717, 1.165) is 12.8 Å². The second-order valence-electron chi connectivity index (χ2n) is 8.19. The minimum absolute atomic E-state index is 0.0381. The Hall–Kier alpha value is -1.45. The number of hydrogen-bond donors (Lipinski definition) is 1. The third kappa shape index (κ3) is 12.1. The van der Waals surface area contributed by atoms with Gasteiger partial charge in [0.1, 0.15) is 0 Å². The summed E-state index contributed by atoms with van der Waals surface area (Å²) in [7, 11) is 0. The fourth-order valence-corrected chi connectivity index (χ4v) is 3.68. The lowest BCUT2D eigenvalue weighted by Gasteiger charge is -2.05. The molecule has 0 saturated heterocycles. The van der Waals surface area contributed by atoms with Gasteiger partial charge in [-0.3, -0.25) is 14.4 Å². The Balaban J connectivity index is 1.78. The van der Waals surface area contributed by atoms with Gasteiger partial charge in [0.25, 0.3) is 0 Å². The summed E-state index contributed by atoms with van der Waals surface area (Å²) in [5, 5.41) is 2.80. The van der Waals surface area contributed by atoms with Crippen molar-refractivity contribution < 1.29 is 14.4 Å². The van der Waals surface area contributed by atoms with Gasteiger partial charge in [0, 0.05) is 18.5 Å². The quantitative estimate of drug-likeness (QED) is 0.236. The maximum Gasteiger partial charge on any atom is 0.247 e. The Kier molecular flexibility index (Phi) is 14.5. The van der Waals surface area contributed by atoms with Gasteiger partial charge >= 0.3 is 0 Å². The summed E-state index contributed by atoms with van der Waals surface area (Å²) >= 11 is 0. The fraction of sp³-hybridized carbons (Fsp3) is 0.792. The lowest BCUT2D eigenvalue weighted by Crippen LogP contribution is -2.25. The van der Waals surface area contributed by atoms with E-state index >= 15 is 0 Å². The molecule has 160 valence electrons. The molecule has 4 heteroatoms. The van der Waals surface area contributed by atoms with Gasteiger partial charge in [-0.05, 0) is 12.5 Å². The molecule has 0 aliphatic heterocycles. The molecule has 0 spiro atoms. The Morgan fingerprint density at radius 2 is 1.18 bits per heavy atom. The van der Waals surface area contributed by atoms with Gasteiger partial charge < -0.3 is 5.32 Å². The predicted octanol–water partition coefficient (Wildman–Crippen LogP) is 5.83. The number of amides is 1. The third-order valence-electron chi connectivity index (χ3n) is 5.54. The SMILES string of the molecule is CCCCCCCCCCCCCCCCCCNC(=O)C1=CC(=O)C(=O)C1. The van der Waals surface area contributed by atoms with E-state index in [1.807, 2.05) is 0 Å². The Morgan fingerprint density at radius 1 is 0.750 bits per heavy atom. The van der Waals surface area contributed by atoms with Crippen LogP contribution in [0, 0.1) is 0 Å². The van der Waals surface area contributed by atoms with Crippen molar-refractivity contribution in [2.75, 3.05) is 6.54 Å². The van der Waals surface area contributed by atoms with Crippen molar-refractivity contribution in [3.05, 3.63) is 11.6 Å². The predicted molar refractivity (Wildman–Crippen MR) is 115 cm³/mol. The number of unbranched alkanes of at least 4 members (excludes halogenated alkanes) is 15. The highest BCUT2D eigenvalue weighted by atomic mass is 16.2. The fourth-order valence-electron chi connectivity index (χ4n) is 3.68. The maximum absolute atomic E-state index is 11.8. The zero-order valence-corrected chi connectivity index (χ0v) is 18.0. The second kappa shape index (κ2) is 16.5. The number of Topliss-reactive ketones (excluding diaryl/α,β-unsaturated/α-hetero) is 1.